The highest BCUT2D eigenvalue weighted by atomic mass is 16.7. The molecule has 1 N–H and O–H groups in total. The molecule has 5 heteroatoms. The van der Waals surface area contributed by atoms with Crippen molar-refractivity contribution in [1.29, 1.82) is 0 Å². The maximum atomic E-state index is 11.9. The third-order valence-corrected chi connectivity index (χ3v) is 3.20. The zero-order chi connectivity index (χ0) is 15.4. The molecule has 112 valence electrons. The van der Waals surface area contributed by atoms with Crippen LogP contribution < -0.4 is 10.1 Å². The Kier molecular flexibility index (Phi) is 3.96. The normalized spacial score (nSPS) is 12.9. The first-order valence-corrected chi connectivity index (χ1v) is 6.84. The number of hydrogen-bond acceptors (Lipinski definition) is 4. The summed E-state index contributed by atoms with van der Waals surface area (Å²) in [6.45, 7) is 2.18. The third kappa shape index (κ3) is 3.20. The van der Waals surface area contributed by atoms with Gasteiger partial charge in [0.25, 0.3) is 0 Å². The standard InChI is InChI=1S/C17H15NO4/c1-12-6-2-4-8-14(12)18-17(19)22-16-11-20-15-9-5-3-7-13(15)10-21-16/h2-9,11H,10H2,1H3,(H,18,19). The summed E-state index contributed by atoms with van der Waals surface area (Å²) in [6.07, 6.45) is 0.651. The number of carbonyl (C=O) groups excluding carboxylic acids is 1. The zero-order valence-electron chi connectivity index (χ0n) is 12.0. The summed E-state index contributed by atoms with van der Waals surface area (Å²) in [5, 5.41) is 2.66. The van der Waals surface area contributed by atoms with Crippen molar-refractivity contribution in [3.63, 3.8) is 0 Å². The van der Waals surface area contributed by atoms with Gasteiger partial charge in [0.05, 0.1) is 0 Å². The molecule has 0 fully saturated rings. The Morgan fingerprint density at radius 1 is 1.14 bits per heavy atom. The van der Waals surface area contributed by atoms with Crippen LogP contribution in [0, 0.1) is 6.92 Å². The van der Waals surface area contributed by atoms with E-state index in [0.29, 0.717) is 11.4 Å². The fourth-order valence-electron chi connectivity index (χ4n) is 2.03. The summed E-state index contributed by atoms with van der Waals surface area (Å²) in [7, 11) is 0. The van der Waals surface area contributed by atoms with Gasteiger partial charge in [-0.15, -0.1) is 0 Å². The molecule has 0 spiro atoms. The minimum atomic E-state index is -0.630. The van der Waals surface area contributed by atoms with E-state index in [1.165, 1.54) is 6.26 Å². The number of amides is 1. The molecule has 0 aromatic heterocycles. The van der Waals surface area contributed by atoms with E-state index in [2.05, 4.69) is 5.32 Å². The molecule has 0 unspecified atom stereocenters. The van der Waals surface area contributed by atoms with Crippen molar-refractivity contribution in [2.45, 2.75) is 13.5 Å². The Labute approximate surface area is 128 Å². The molecule has 0 atom stereocenters. The molecule has 22 heavy (non-hydrogen) atoms. The van der Waals surface area contributed by atoms with Crippen LogP contribution in [0.15, 0.2) is 60.7 Å². The van der Waals surface area contributed by atoms with Crippen molar-refractivity contribution in [2.24, 2.45) is 0 Å². The van der Waals surface area contributed by atoms with Gasteiger partial charge in [-0.1, -0.05) is 36.4 Å². The first kappa shape index (κ1) is 14.0. The van der Waals surface area contributed by atoms with Gasteiger partial charge in [0.1, 0.15) is 12.4 Å². The van der Waals surface area contributed by atoms with Crippen LogP contribution in [0.2, 0.25) is 0 Å². The predicted molar refractivity (Wildman–Crippen MR) is 81.2 cm³/mol. The summed E-state index contributed by atoms with van der Waals surface area (Å²) >= 11 is 0. The van der Waals surface area contributed by atoms with Gasteiger partial charge in [-0.25, -0.2) is 4.79 Å². The third-order valence-electron chi connectivity index (χ3n) is 3.20. The molecule has 0 saturated carbocycles. The average Bonchev–Trinajstić information content (AvgIpc) is 2.72. The van der Waals surface area contributed by atoms with E-state index in [0.717, 1.165) is 11.1 Å². The summed E-state index contributed by atoms with van der Waals surface area (Å²) < 4.78 is 16.0. The first-order valence-electron chi connectivity index (χ1n) is 6.84. The number of nitrogens with one attached hydrogen (secondary N) is 1. The number of fused-ring (bicyclic) bond motifs is 1. The predicted octanol–water partition coefficient (Wildman–Crippen LogP) is 3.95. The summed E-state index contributed by atoms with van der Waals surface area (Å²) in [5.41, 5.74) is 2.52. The lowest BCUT2D eigenvalue weighted by molar-refractivity contribution is 0.0629. The molecule has 0 saturated heterocycles. The monoisotopic (exact) mass is 297 g/mol. The Bertz CT molecular complexity index is 724. The van der Waals surface area contributed by atoms with Gasteiger partial charge < -0.3 is 14.2 Å². The number of carbonyl (C=O) groups is 1. The molecule has 3 rings (SSSR count). The van der Waals surface area contributed by atoms with E-state index in [9.17, 15) is 4.79 Å². The molecule has 0 radical (unpaired) electrons. The fourth-order valence-corrected chi connectivity index (χ4v) is 2.03. The second kappa shape index (κ2) is 6.22. The van der Waals surface area contributed by atoms with E-state index in [1.54, 1.807) is 6.07 Å². The van der Waals surface area contributed by atoms with Crippen molar-refractivity contribution in [3.8, 4) is 5.75 Å². The fraction of sp³-hybridized carbons (Fsp3) is 0.118. The van der Waals surface area contributed by atoms with Gasteiger partial charge in [-0.3, -0.25) is 5.32 Å². The highest BCUT2D eigenvalue weighted by molar-refractivity contribution is 5.86. The van der Waals surface area contributed by atoms with Crippen LogP contribution in [-0.2, 0) is 16.1 Å². The molecule has 5 nitrogen and oxygen atoms in total. The van der Waals surface area contributed by atoms with Gasteiger partial charge in [-0.2, -0.15) is 0 Å². The molecule has 1 heterocycles. The number of benzene rings is 2. The molecular formula is C17H15NO4. The van der Waals surface area contributed by atoms with Crippen LogP contribution in [0.4, 0.5) is 10.5 Å². The van der Waals surface area contributed by atoms with Gasteiger partial charge in [0.2, 0.25) is 0 Å². The van der Waals surface area contributed by atoms with Crippen LogP contribution in [0.1, 0.15) is 11.1 Å². The smallest absolute Gasteiger partial charge is 0.419 e. The summed E-state index contributed by atoms with van der Waals surface area (Å²) in [4.78, 5) is 11.9. The van der Waals surface area contributed by atoms with Crippen LogP contribution in [0.3, 0.4) is 0 Å². The Hall–Kier alpha value is -2.95. The van der Waals surface area contributed by atoms with Crippen molar-refractivity contribution < 1.29 is 19.0 Å². The molecule has 0 bridgehead atoms. The number of rotatable bonds is 2. The maximum Gasteiger partial charge on any atom is 0.419 e. The molecule has 1 amide bonds. The lowest BCUT2D eigenvalue weighted by Gasteiger charge is -2.10. The molecule has 1 aliphatic heterocycles. The Morgan fingerprint density at radius 3 is 2.77 bits per heavy atom. The topological polar surface area (TPSA) is 56.8 Å². The minimum Gasteiger partial charge on any atom is -0.458 e. The van der Waals surface area contributed by atoms with Crippen LogP contribution >= 0.6 is 0 Å². The first-order chi connectivity index (χ1) is 10.7. The molecule has 1 aliphatic rings. The number of anilines is 1. The average molecular weight is 297 g/mol. The van der Waals surface area contributed by atoms with Crippen LogP contribution in [0.25, 0.3) is 0 Å². The van der Waals surface area contributed by atoms with E-state index in [1.807, 2.05) is 49.4 Å². The summed E-state index contributed by atoms with van der Waals surface area (Å²) in [6, 6.07) is 14.9. The second-order valence-electron chi connectivity index (χ2n) is 4.78. The number of para-hydroxylation sites is 2. The maximum absolute atomic E-state index is 11.9. The number of ether oxygens (including phenoxy) is 3. The Balaban J connectivity index is 1.63. The quantitative estimate of drug-likeness (QED) is 0.911. The van der Waals surface area contributed by atoms with Crippen LogP contribution in [0.5, 0.6) is 5.75 Å². The van der Waals surface area contributed by atoms with E-state index < -0.39 is 6.09 Å². The molecule has 0 aliphatic carbocycles. The molecule has 2 aromatic rings. The van der Waals surface area contributed by atoms with Gasteiger partial charge in [0, 0.05) is 11.3 Å². The van der Waals surface area contributed by atoms with Crippen LogP contribution in [-0.4, -0.2) is 6.09 Å². The van der Waals surface area contributed by atoms with E-state index >= 15 is 0 Å². The number of aryl methyl sites for hydroxylation is 1. The van der Waals surface area contributed by atoms with Gasteiger partial charge in [0.15, 0.2) is 6.26 Å². The highest BCUT2D eigenvalue weighted by Gasteiger charge is 2.15. The van der Waals surface area contributed by atoms with Gasteiger partial charge in [-0.05, 0) is 24.6 Å². The van der Waals surface area contributed by atoms with Gasteiger partial charge >= 0.3 is 12.0 Å². The van der Waals surface area contributed by atoms with E-state index in [4.69, 9.17) is 14.2 Å². The van der Waals surface area contributed by atoms with E-state index in [-0.39, 0.29) is 12.6 Å². The zero-order valence-corrected chi connectivity index (χ0v) is 12.0. The lowest BCUT2D eigenvalue weighted by atomic mass is 10.2. The molecular weight excluding hydrogens is 282 g/mol. The van der Waals surface area contributed by atoms with Crippen molar-refractivity contribution in [3.05, 3.63) is 71.9 Å². The largest absolute Gasteiger partial charge is 0.458 e. The SMILES string of the molecule is Cc1ccccc1NC(=O)OC1=COc2ccccc2CO1. The second-order valence-corrected chi connectivity index (χ2v) is 4.78. The van der Waals surface area contributed by atoms with Crippen molar-refractivity contribution in [2.75, 3.05) is 5.32 Å². The lowest BCUT2D eigenvalue weighted by Crippen LogP contribution is -2.15. The highest BCUT2D eigenvalue weighted by Crippen LogP contribution is 2.24. The minimum absolute atomic E-state index is 0.0160. The molecule has 2 aromatic carbocycles. The Morgan fingerprint density at radius 2 is 1.91 bits per heavy atom. The number of hydrogen-bond donors (Lipinski definition) is 1. The van der Waals surface area contributed by atoms with Crippen molar-refractivity contribution >= 4 is 11.8 Å². The summed E-state index contributed by atoms with van der Waals surface area (Å²) in [5.74, 6) is 0.697. The van der Waals surface area contributed by atoms with Crippen molar-refractivity contribution in [1.82, 2.24) is 0 Å².